The maximum atomic E-state index is 13.3. The molecular weight excluding hydrogens is 316 g/mol. The lowest BCUT2D eigenvalue weighted by Crippen LogP contribution is -2.30. The molecule has 3 aromatic rings. The van der Waals surface area contributed by atoms with Crippen LogP contribution in [0.25, 0.3) is 11.0 Å². The van der Waals surface area contributed by atoms with Gasteiger partial charge < -0.3 is 4.90 Å². The standard InChI is InChI=1S/C19H18N4O2/c1-22-17-16(18(24)21-22)13(10-14(20-17)11-6-7-11)19(25)23-9-8-12-4-2-3-5-15(12)23/h2-5,10-11H,6-9H2,1H3,(H,21,24). The van der Waals surface area contributed by atoms with Crippen molar-refractivity contribution in [2.24, 2.45) is 7.05 Å². The summed E-state index contributed by atoms with van der Waals surface area (Å²) < 4.78 is 1.61. The minimum atomic E-state index is -0.261. The van der Waals surface area contributed by atoms with Gasteiger partial charge >= 0.3 is 0 Å². The molecule has 2 aromatic heterocycles. The Kier molecular flexibility index (Phi) is 2.92. The van der Waals surface area contributed by atoms with Gasteiger partial charge in [0.15, 0.2) is 5.65 Å². The summed E-state index contributed by atoms with van der Waals surface area (Å²) in [5.74, 6) is 0.294. The average molecular weight is 334 g/mol. The highest BCUT2D eigenvalue weighted by molar-refractivity contribution is 6.14. The van der Waals surface area contributed by atoms with Crippen LogP contribution in [0.5, 0.6) is 0 Å². The third-order valence-electron chi connectivity index (χ3n) is 5.19. The number of aromatic nitrogens is 3. The van der Waals surface area contributed by atoms with E-state index in [2.05, 4.69) is 16.1 Å². The van der Waals surface area contributed by atoms with E-state index >= 15 is 0 Å². The zero-order valence-corrected chi connectivity index (χ0v) is 14.0. The molecule has 1 amide bonds. The van der Waals surface area contributed by atoms with Gasteiger partial charge in [-0.15, -0.1) is 0 Å². The first kappa shape index (κ1) is 14.5. The van der Waals surface area contributed by atoms with Crippen LogP contribution in [0.1, 0.15) is 40.4 Å². The highest BCUT2D eigenvalue weighted by atomic mass is 16.2. The van der Waals surface area contributed by atoms with E-state index in [4.69, 9.17) is 0 Å². The molecular formula is C19H18N4O2. The van der Waals surface area contributed by atoms with Crippen molar-refractivity contribution < 1.29 is 4.79 Å². The number of fused-ring (bicyclic) bond motifs is 2. The first-order valence-electron chi connectivity index (χ1n) is 8.63. The summed E-state index contributed by atoms with van der Waals surface area (Å²) in [6, 6.07) is 9.78. The normalized spacial score (nSPS) is 16.4. The number of nitrogens with one attached hydrogen (secondary N) is 1. The van der Waals surface area contributed by atoms with Gasteiger partial charge in [-0.1, -0.05) is 18.2 Å². The molecule has 6 nitrogen and oxygen atoms in total. The zero-order chi connectivity index (χ0) is 17.1. The molecule has 1 fully saturated rings. The van der Waals surface area contributed by atoms with Crippen LogP contribution < -0.4 is 10.5 Å². The number of anilines is 1. The molecule has 1 saturated carbocycles. The second kappa shape index (κ2) is 5.05. The van der Waals surface area contributed by atoms with E-state index in [9.17, 15) is 9.59 Å². The fourth-order valence-corrected chi connectivity index (χ4v) is 3.73. The van der Waals surface area contributed by atoms with Crippen LogP contribution in [-0.2, 0) is 13.5 Å². The summed E-state index contributed by atoms with van der Waals surface area (Å²) >= 11 is 0. The number of carbonyl (C=O) groups excluding carboxylic acids is 1. The van der Waals surface area contributed by atoms with E-state index in [0.29, 0.717) is 29.1 Å². The molecule has 0 atom stereocenters. The van der Waals surface area contributed by atoms with Crippen molar-refractivity contribution in [1.82, 2.24) is 14.8 Å². The Labute approximate surface area is 144 Å². The summed E-state index contributed by atoms with van der Waals surface area (Å²) in [4.78, 5) is 32.1. The van der Waals surface area contributed by atoms with Gasteiger partial charge in [0, 0.05) is 30.9 Å². The molecule has 6 heteroatoms. The topological polar surface area (TPSA) is 71.0 Å². The van der Waals surface area contributed by atoms with Crippen LogP contribution in [0.2, 0.25) is 0 Å². The Hall–Kier alpha value is -2.89. The predicted molar refractivity (Wildman–Crippen MR) is 95.1 cm³/mol. The molecule has 0 bridgehead atoms. The van der Waals surface area contributed by atoms with E-state index < -0.39 is 0 Å². The van der Waals surface area contributed by atoms with Gasteiger partial charge in [-0.05, 0) is 37.0 Å². The highest BCUT2D eigenvalue weighted by Crippen LogP contribution is 2.40. The summed E-state index contributed by atoms with van der Waals surface area (Å²) in [5, 5.41) is 3.12. The molecule has 1 aromatic carbocycles. The van der Waals surface area contributed by atoms with Crippen molar-refractivity contribution >= 4 is 22.6 Å². The molecule has 0 unspecified atom stereocenters. The highest BCUT2D eigenvalue weighted by Gasteiger charge is 2.31. The van der Waals surface area contributed by atoms with Crippen molar-refractivity contribution in [2.45, 2.75) is 25.2 Å². The van der Waals surface area contributed by atoms with Gasteiger partial charge in [0.05, 0.1) is 10.9 Å². The van der Waals surface area contributed by atoms with Gasteiger partial charge in [0.1, 0.15) is 0 Å². The van der Waals surface area contributed by atoms with Crippen LogP contribution in [0, 0.1) is 0 Å². The van der Waals surface area contributed by atoms with Gasteiger partial charge in [-0.2, -0.15) is 0 Å². The minimum absolute atomic E-state index is 0.115. The van der Waals surface area contributed by atoms with Gasteiger partial charge in [-0.25, -0.2) is 4.98 Å². The van der Waals surface area contributed by atoms with Crippen molar-refractivity contribution in [2.75, 3.05) is 11.4 Å². The molecule has 126 valence electrons. The number of para-hydroxylation sites is 1. The number of hydrogen-bond acceptors (Lipinski definition) is 3. The van der Waals surface area contributed by atoms with Crippen LogP contribution in [-0.4, -0.2) is 27.2 Å². The largest absolute Gasteiger partial charge is 0.308 e. The second-order valence-electron chi connectivity index (χ2n) is 6.90. The predicted octanol–water partition coefficient (Wildman–Crippen LogP) is 2.34. The fraction of sp³-hybridized carbons (Fsp3) is 0.316. The Morgan fingerprint density at radius 2 is 2.08 bits per heavy atom. The average Bonchev–Trinajstić information content (AvgIpc) is 3.32. The number of pyridine rings is 1. The lowest BCUT2D eigenvalue weighted by atomic mass is 10.1. The Morgan fingerprint density at radius 3 is 2.88 bits per heavy atom. The van der Waals surface area contributed by atoms with Crippen LogP contribution in [0.3, 0.4) is 0 Å². The Bertz CT molecular complexity index is 1070. The third-order valence-corrected chi connectivity index (χ3v) is 5.19. The second-order valence-corrected chi connectivity index (χ2v) is 6.90. The number of aryl methyl sites for hydroxylation is 1. The van der Waals surface area contributed by atoms with E-state index in [1.165, 1.54) is 5.56 Å². The summed E-state index contributed by atoms with van der Waals surface area (Å²) in [5.41, 5.74) is 3.79. The maximum absolute atomic E-state index is 13.3. The number of aromatic amines is 1. The van der Waals surface area contributed by atoms with Gasteiger partial charge in [-0.3, -0.25) is 19.4 Å². The van der Waals surface area contributed by atoms with Gasteiger partial charge in [0.2, 0.25) is 0 Å². The lowest BCUT2D eigenvalue weighted by Gasteiger charge is -2.18. The Morgan fingerprint density at radius 1 is 1.28 bits per heavy atom. The minimum Gasteiger partial charge on any atom is -0.308 e. The molecule has 3 heterocycles. The smallest absolute Gasteiger partial charge is 0.274 e. The summed E-state index contributed by atoms with van der Waals surface area (Å²) in [6.45, 7) is 0.644. The molecule has 1 N–H and O–H groups in total. The molecule has 1 aliphatic carbocycles. The number of nitrogens with zero attached hydrogens (tertiary/aromatic N) is 3. The number of amides is 1. The molecule has 25 heavy (non-hydrogen) atoms. The third kappa shape index (κ3) is 2.13. The van der Waals surface area contributed by atoms with Crippen LogP contribution in [0.15, 0.2) is 35.1 Å². The number of carbonyl (C=O) groups is 1. The monoisotopic (exact) mass is 334 g/mol. The number of rotatable bonds is 2. The quantitative estimate of drug-likeness (QED) is 0.782. The molecule has 1 aliphatic heterocycles. The fourth-order valence-electron chi connectivity index (χ4n) is 3.73. The first-order valence-corrected chi connectivity index (χ1v) is 8.63. The van der Waals surface area contributed by atoms with E-state index in [0.717, 1.165) is 30.6 Å². The first-order chi connectivity index (χ1) is 12.1. The zero-order valence-electron chi connectivity index (χ0n) is 14.0. The van der Waals surface area contributed by atoms with E-state index in [1.807, 2.05) is 24.3 Å². The van der Waals surface area contributed by atoms with Crippen molar-refractivity contribution in [3.8, 4) is 0 Å². The molecule has 5 rings (SSSR count). The summed E-state index contributed by atoms with van der Waals surface area (Å²) in [7, 11) is 1.76. The molecule has 2 aliphatic rings. The van der Waals surface area contributed by atoms with Crippen LogP contribution in [0.4, 0.5) is 5.69 Å². The molecule has 0 saturated heterocycles. The SMILES string of the molecule is Cn1[nH]c(=O)c2c(C(=O)N3CCc4ccccc43)cc(C3CC3)nc21. The van der Waals surface area contributed by atoms with Crippen molar-refractivity contribution in [1.29, 1.82) is 0 Å². The number of benzene rings is 1. The van der Waals surface area contributed by atoms with Gasteiger partial charge in [0.25, 0.3) is 11.5 Å². The van der Waals surface area contributed by atoms with Crippen molar-refractivity contribution in [3.63, 3.8) is 0 Å². The van der Waals surface area contributed by atoms with Crippen molar-refractivity contribution in [3.05, 3.63) is 57.5 Å². The molecule has 0 spiro atoms. The lowest BCUT2D eigenvalue weighted by molar-refractivity contribution is 0.0990. The molecule has 0 radical (unpaired) electrons. The van der Waals surface area contributed by atoms with E-state index in [-0.39, 0.29) is 11.5 Å². The maximum Gasteiger partial charge on any atom is 0.274 e. The Balaban J connectivity index is 1.70. The number of hydrogen-bond donors (Lipinski definition) is 1. The number of H-pyrrole nitrogens is 1. The van der Waals surface area contributed by atoms with E-state index in [1.54, 1.807) is 16.6 Å². The summed E-state index contributed by atoms with van der Waals surface area (Å²) in [6.07, 6.45) is 3.03. The van der Waals surface area contributed by atoms with Crippen LogP contribution >= 0.6 is 0 Å².